The van der Waals surface area contributed by atoms with E-state index in [9.17, 15) is 4.79 Å². The summed E-state index contributed by atoms with van der Waals surface area (Å²) in [6.07, 6.45) is 7.70. The number of carbonyl (C=O) groups is 1. The molecule has 0 spiro atoms. The molecule has 0 radical (unpaired) electrons. The largest absolute Gasteiger partial charge is 0.360 e. The molecule has 0 N–H and O–H groups in total. The first-order chi connectivity index (χ1) is 14.2. The second kappa shape index (κ2) is 7.86. The predicted molar refractivity (Wildman–Crippen MR) is 123 cm³/mol. The maximum Gasteiger partial charge on any atom is 0.163 e. The first-order valence-electron chi connectivity index (χ1n) is 10.7. The fourth-order valence-corrected chi connectivity index (χ4v) is 5.76. The van der Waals surface area contributed by atoms with Crippen molar-refractivity contribution < 1.29 is 9.53 Å². The van der Waals surface area contributed by atoms with Crippen LogP contribution in [-0.4, -0.2) is 21.4 Å². The topological polar surface area (TPSA) is 52.1 Å². The number of hydrogen-bond acceptors (Lipinski definition) is 5. The van der Waals surface area contributed by atoms with Gasteiger partial charge in [-0.25, -0.2) is 4.98 Å². The number of nitrogens with zero attached hydrogens (tertiary/aromatic N) is 2. The Balaban J connectivity index is 2.11. The lowest BCUT2D eigenvalue weighted by molar-refractivity contribution is -0.138. The van der Waals surface area contributed by atoms with Gasteiger partial charge in [0.1, 0.15) is 10.9 Å². The second-order valence-electron chi connectivity index (χ2n) is 9.29. The smallest absolute Gasteiger partial charge is 0.163 e. The number of carbonyl (C=O) groups excluding carboxylic acids is 1. The molecule has 4 nitrogen and oxygen atoms in total. The van der Waals surface area contributed by atoms with Crippen molar-refractivity contribution in [1.82, 2.24) is 9.97 Å². The van der Waals surface area contributed by atoms with Crippen LogP contribution in [0.3, 0.4) is 0 Å². The van der Waals surface area contributed by atoms with Crippen molar-refractivity contribution in [2.45, 2.75) is 78.9 Å². The minimum atomic E-state index is -0.657. The van der Waals surface area contributed by atoms with Gasteiger partial charge >= 0.3 is 0 Å². The Kier molecular flexibility index (Phi) is 5.54. The summed E-state index contributed by atoms with van der Waals surface area (Å²) < 4.78 is 6.33. The first-order valence-corrected chi connectivity index (χ1v) is 11.5. The van der Waals surface area contributed by atoms with Crippen molar-refractivity contribution in [3.05, 3.63) is 45.7 Å². The summed E-state index contributed by atoms with van der Waals surface area (Å²) in [5.41, 5.74) is 6.02. The van der Waals surface area contributed by atoms with Crippen LogP contribution in [-0.2, 0) is 22.4 Å². The van der Waals surface area contributed by atoms with E-state index in [-0.39, 0.29) is 5.78 Å². The van der Waals surface area contributed by atoms with Crippen molar-refractivity contribution in [3.8, 4) is 11.1 Å². The first kappa shape index (κ1) is 21.1. The van der Waals surface area contributed by atoms with Gasteiger partial charge in [-0.1, -0.05) is 0 Å². The lowest BCUT2D eigenvalue weighted by atomic mass is 9.86. The van der Waals surface area contributed by atoms with Gasteiger partial charge < -0.3 is 4.74 Å². The van der Waals surface area contributed by atoms with Crippen LogP contribution in [0, 0.1) is 13.8 Å². The van der Waals surface area contributed by atoms with Gasteiger partial charge in [0.2, 0.25) is 0 Å². The highest BCUT2D eigenvalue weighted by molar-refractivity contribution is 7.19. The van der Waals surface area contributed by atoms with Crippen LogP contribution in [0.4, 0.5) is 0 Å². The van der Waals surface area contributed by atoms with E-state index in [0.717, 1.165) is 45.6 Å². The van der Waals surface area contributed by atoms with Crippen molar-refractivity contribution in [1.29, 1.82) is 0 Å². The van der Waals surface area contributed by atoms with E-state index in [1.807, 2.05) is 57.5 Å². The lowest BCUT2D eigenvalue weighted by Crippen LogP contribution is -2.27. The number of fused-ring (bicyclic) bond motifs is 3. The van der Waals surface area contributed by atoms with E-state index in [4.69, 9.17) is 9.72 Å². The van der Waals surface area contributed by atoms with Crippen LogP contribution in [0.5, 0.6) is 0 Å². The highest BCUT2D eigenvalue weighted by atomic mass is 32.1. The third-order valence-electron chi connectivity index (χ3n) is 5.74. The predicted octanol–water partition coefficient (Wildman–Crippen LogP) is 6.30. The number of Topliss-reactive ketones (excluding diaryl/α,β-unsaturated/α-hetero) is 1. The monoisotopic (exact) mass is 422 g/mol. The molecule has 3 heterocycles. The number of aryl methyl sites for hydroxylation is 4. The molecule has 4 rings (SSSR count). The number of thiophene rings is 1. The summed E-state index contributed by atoms with van der Waals surface area (Å²) in [5.74, 6) is 0.000987. The van der Waals surface area contributed by atoms with Gasteiger partial charge in [-0.2, -0.15) is 0 Å². The third-order valence-corrected chi connectivity index (χ3v) is 6.93. The minimum Gasteiger partial charge on any atom is -0.360 e. The molecule has 1 aliphatic carbocycles. The summed E-state index contributed by atoms with van der Waals surface area (Å²) in [6.45, 7) is 11.7. The molecule has 0 bridgehead atoms. The number of rotatable bonds is 4. The zero-order chi connectivity index (χ0) is 21.6. The van der Waals surface area contributed by atoms with Gasteiger partial charge in [-0.15, -0.1) is 11.3 Å². The van der Waals surface area contributed by atoms with Crippen molar-refractivity contribution in [3.63, 3.8) is 0 Å². The van der Waals surface area contributed by atoms with Crippen molar-refractivity contribution in [2.75, 3.05) is 0 Å². The van der Waals surface area contributed by atoms with E-state index in [2.05, 4.69) is 11.9 Å². The summed E-state index contributed by atoms with van der Waals surface area (Å²) in [7, 11) is 0. The Morgan fingerprint density at radius 1 is 1.20 bits per heavy atom. The molecule has 0 aliphatic heterocycles. The molecule has 0 amide bonds. The SMILES string of the molecule is CC(=O)[C@@H](OC(C)(C)C)c1c(C)nc2sc3c(c2c1-c1cnccc1C)CCCC3. The van der Waals surface area contributed by atoms with Crippen LogP contribution in [0.1, 0.15) is 73.9 Å². The molecule has 3 aromatic heterocycles. The zero-order valence-electron chi connectivity index (χ0n) is 18.8. The standard InChI is InChI=1S/C25H30N2O2S/c1-14-11-12-26-13-18(14)21-20(23(16(3)28)29-25(4,5)6)15(2)27-24-22(21)17-9-7-8-10-19(17)30-24/h11-13,23H,7-10H2,1-6H3/t23-/m1/s1. The number of ketones is 1. The highest BCUT2D eigenvalue weighted by Gasteiger charge is 2.32. The van der Waals surface area contributed by atoms with Crippen molar-refractivity contribution in [2.24, 2.45) is 0 Å². The van der Waals surface area contributed by atoms with Gasteiger partial charge in [0.05, 0.1) is 5.60 Å². The Morgan fingerprint density at radius 2 is 1.93 bits per heavy atom. The summed E-state index contributed by atoms with van der Waals surface area (Å²) in [6, 6.07) is 2.03. The Morgan fingerprint density at radius 3 is 2.60 bits per heavy atom. The van der Waals surface area contributed by atoms with Crippen LogP contribution < -0.4 is 0 Å². The van der Waals surface area contributed by atoms with Crippen LogP contribution >= 0.6 is 11.3 Å². The Hall–Kier alpha value is -2.11. The normalized spacial score (nSPS) is 15.3. The van der Waals surface area contributed by atoms with Gasteiger partial charge in [-0.3, -0.25) is 9.78 Å². The van der Waals surface area contributed by atoms with Gasteiger partial charge in [0.25, 0.3) is 0 Å². The summed E-state index contributed by atoms with van der Waals surface area (Å²) in [4.78, 5) is 24.8. The molecule has 0 unspecified atom stereocenters. The maximum absolute atomic E-state index is 12.8. The molecule has 5 heteroatoms. The zero-order valence-corrected chi connectivity index (χ0v) is 19.6. The molecule has 0 saturated carbocycles. The van der Waals surface area contributed by atoms with E-state index < -0.39 is 11.7 Å². The Bertz CT molecular complexity index is 1120. The Labute approximate surface area is 182 Å². The van der Waals surface area contributed by atoms with E-state index in [0.29, 0.717) is 0 Å². The van der Waals surface area contributed by atoms with Crippen LogP contribution in [0.25, 0.3) is 21.3 Å². The summed E-state index contributed by atoms with van der Waals surface area (Å²) >= 11 is 1.81. The fourth-order valence-electron chi connectivity index (χ4n) is 4.44. The number of pyridine rings is 2. The molecule has 158 valence electrons. The molecule has 0 fully saturated rings. The van der Waals surface area contributed by atoms with E-state index >= 15 is 0 Å². The van der Waals surface area contributed by atoms with Gasteiger partial charge in [-0.05, 0) is 84.4 Å². The molecule has 1 aliphatic rings. The molecule has 1 atom stereocenters. The third kappa shape index (κ3) is 3.81. The van der Waals surface area contributed by atoms with Crippen molar-refractivity contribution >= 4 is 27.3 Å². The maximum atomic E-state index is 12.8. The average molecular weight is 423 g/mol. The molecule has 3 aromatic rings. The lowest BCUT2D eigenvalue weighted by Gasteiger charge is -2.29. The number of hydrogen-bond donors (Lipinski definition) is 0. The summed E-state index contributed by atoms with van der Waals surface area (Å²) in [5, 5.41) is 1.20. The average Bonchev–Trinajstić information content (AvgIpc) is 3.03. The second-order valence-corrected chi connectivity index (χ2v) is 10.4. The molecular weight excluding hydrogens is 392 g/mol. The van der Waals surface area contributed by atoms with E-state index in [1.165, 1.54) is 28.7 Å². The molecule has 0 aromatic carbocycles. The molecule has 30 heavy (non-hydrogen) atoms. The van der Waals surface area contributed by atoms with Gasteiger partial charge in [0.15, 0.2) is 5.78 Å². The number of aromatic nitrogens is 2. The number of ether oxygens (including phenoxy) is 1. The van der Waals surface area contributed by atoms with Crippen LogP contribution in [0.15, 0.2) is 18.5 Å². The highest BCUT2D eigenvalue weighted by Crippen LogP contribution is 2.46. The van der Waals surface area contributed by atoms with Gasteiger partial charge in [0, 0.05) is 45.0 Å². The van der Waals surface area contributed by atoms with Crippen LogP contribution in [0.2, 0.25) is 0 Å². The quantitative estimate of drug-likeness (QED) is 0.495. The van der Waals surface area contributed by atoms with E-state index in [1.54, 1.807) is 6.92 Å². The molecular formula is C25H30N2O2S. The fraction of sp³-hybridized carbons (Fsp3) is 0.480. The molecule has 0 saturated heterocycles. The minimum absolute atomic E-state index is 0.000987.